The zero-order valence-electron chi connectivity index (χ0n) is 12.2. The van der Waals surface area contributed by atoms with Crippen LogP contribution in [0.2, 0.25) is 0 Å². The molecule has 4 nitrogen and oxygen atoms in total. The van der Waals surface area contributed by atoms with Gasteiger partial charge < -0.3 is 18.9 Å². The summed E-state index contributed by atoms with van der Waals surface area (Å²) in [6, 6.07) is 2.96. The molecule has 1 aliphatic heterocycles. The molecule has 2 rings (SSSR count). The van der Waals surface area contributed by atoms with Gasteiger partial charge in [0, 0.05) is 12.5 Å². The Labute approximate surface area is 118 Å². The number of ether oxygens (including phenoxy) is 4. The molecular formula is C15H21FO4. The highest BCUT2D eigenvalue weighted by Crippen LogP contribution is 2.41. The monoisotopic (exact) mass is 284 g/mol. The third-order valence-electron chi connectivity index (χ3n) is 3.26. The van der Waals surface area contributed by atoms with Crippen molar-refractivity contribution in [1.29, 1.82) is 0 Å². The van der Waals surface area contributed by atoms with Crippen LogP contribution >= 0.6 is 0 Å². The maximum absolute atomic E-state index is 14.4. The highest BCUT2D eigenvalue weighted by atomic mass is 19.1. The first kappa shape index (κ1) is 15.1. The van der Waals surface area contributed by atoms with Gasteiger partial charge in [0.25, 0.3) is 0 Å². The van der Waals surface area contributed by atoms with E-state index < -0.39 is 11.6 Å². The van der Waals surface area contributed by atoms with Crippen LogP contribution in [0.4, 0.5) is 4.39 Å². The second-order valence-corrected chi connectivity index (χ2v) is 4.45. The number of rotatable bonds is 6. The molecule has 1 saturated heterocycles. The lowest BCUT2D eigenvalue weighted by atomic mass is 10.0. The molecule has 0 atom stereocenters. The molecule has 0 N–H and O–H groups in total. The van der Waals surface area contributed by atoms with Gasteiger partial charge in [0.05, 0.1) is 32.0 Å². The molecule has 5 heteroatoms. The highest BCUT2D eigenvalue weighted by Gasteiger charge is 2.40. The molecule has 1 fully saturated rings. The quantitative estimate of drug-likeness (QED) is 0.803. The fraction of sp³-hybridized carbons (Fsp3) is 0.600. The minimum atomic E-state index is -1.01. The van der Waals surface area contributed by atoms with E-state index in [9.17, 15) is 4.39 Å². The molecule has 0 saturated carbocycles. The molecule has 1 heterocycles. The average molecular weight is 284 g/mol. The Hall–Kier alpha value is -1.33. The molecule has 112 valence electrons. The van der Waals surface area contributed by atoms with Gasteiger partial charge in [-0.3, -0.25) is 0 Å². The van der Waals surface area contributed by atoms with Crippen molar-refractivity contribution in [3.8, 4) is 11.5 Å². The van der Waals surface area contributed by atoms with Crippen LogP contribution in [-0.2, 0) is 15.3 Å². The van der Waals surface area contributed by atoms with Gasteiger partial charge in [-0.15, -0.1) is 0 Å². The molecule has 1 aromatic rings. The highest BCUT2D eigenvalue weighted by molar-refractivity contribution is 5.45. The summed E-state index contributed by atoms with van der Waals surface area (Å²) in [7, 11) is 0. The Kier molecular flexibility index (Phi) is 4.83. The molecule has 0 aliphatic carbocycles. The van der Waals surface area contributed by atoms with Crippen LogP contribution in [0.5, 0.6) is 11.5 Å². The van der Waals surface area contributed by atoms with Gasteiger partial charge in [0.2, 0.25) is 0 Å². The van der Waals surface area contributed by atoms with Gasteiger partial charge in [-0.25, -0.2) is 4.39 Å². The molecule has 0 aromatic heterocycles. The second kappa shape index (κ2) is 6.41. The van der Waals surface area contributed by atoms with Crippen molar-refractivity contribution in [1.82, 2.24) is 0 Å². The fourth-order valence-corrected chi connectivity index (χ4v) is 2.37. The van der Waals surface area contributed by atoms with Crippen LogP contribution in [0, 0.1) is 5.82 Å². The summed E-state index contributed by atoms with van der Waals surface area (Å²) in [5, 5.41) is 0. The topological polar surface area (TPSA) is 36.9 Å². The van der Waals surface area contributed by atoms with E-state index in [1.54, 1.807) is 6.07 Å². The summed E-state index contributed by atoms with van der Waals surface area (Å²) in [5.74, 6) is -0.501. The molecule has 0 bridgehead atoms. The zero-order valence-corrected chi connectivity index (χ0v) is 12.2. The van der Waals surface area contributed by atoms with E-state index in [0.717, 1.165) is 0 Å². The lowest BCUT2D eigenvalue weighted by molar-refractivity contribution is -0.169. The average Bonchev–Trinajstić information content (AvgIpc) is 2.92. The largest absolute Gasteiger partial charge is 0.490 e. The third kappa shape index (κ3) is 2.74. The van der Waals surface area contributed by atoms with Gasteiger partial charge >= 0.3 is 0 Å². The summed E-state index contributed by atoms with van der Waals surface area (Å²) in [4.78, 5) is 0. The van der Waals surface area contributed by atoms with Crippen molar-refractivity contribution < 1.29 is 23.3 Å². The number of hydrogen-bond donors (Lipinski definition) is 0. The number of hydrogen-bond acceptors (Lipinski definition) is 4. The van der Waals surface area contributed by atoms with E-state index in [2.05, 4.69) is 0 Å². The van der Waals surface area contributed by atoms with Crippen LogP contribution in [-0.4, -0.2) is 26.4 Å². The number of benzene rings is 1. The van der Waals surface area contributed by atoms with Crippen molar-refractivity contribution in [3.05, 3.63) is 23.5 Å². The van der Waals surface area contributed by atoms with E-state index in [1.165, 1.54) is 6.07 Å². The molecule has 0 amide bonds. The van der Waals surface area contributed by atoms with Crippen LogP contribution < -0.4 is 9.47 Å². The van der Waals surface area contributed by atoms with Gasteiger partial charge in [-0.05, 0) is 19.9 Å². The van der Waals surface area contributed by atoms with E-state index in [-0.39, 0.29) is 0 Å². The lowest BCUT2D eigenvalue weighted by Gasteiger charge is -2.27. The first-order valence-corrected chi connectivity index (χ1v) is 7.04. The van der Waals surface area contributed by atoms with Crippen LogP contribution in [0.3, 0.4) is 0 Å². The summed E-state index contributed by atoms with van der Waals surface area (Å²) in [6.45, 7) is 7.47. The summed E-state index contributed by atoms with van der Waals surface area (Å²) in [6.07, 6.45) is 0.531. The van der Waals surface area contributed by atoms with Gasteiger partial charge in [0.1, 0.15) is 5.82 Å². The summed E-state index contributed by atoms with van der Waals surface area (Å²) in [5.41, 5.74) is 0.365. The van der Waals surface area contributed by atoms with E-state index in [0.29, 0.717) is 49.9 Å². The predicted octanol–water partition coefficient (Wildman–Crippen LogP) is 3.23. The Bertz CT molecular complexity index is 455. The van der Waals surface area contributed by atoms with Crippen LogP contribution in [0.25, 0.3) is 0 Å². The number of halogens is 1. The van der Waals surface area contributed by atoms with E-state index in [4.69, 9.17) is 18.9 Å². The summed E-state index contributed by atoms with van der Waals surface area (Å²) >= 11 is 0. The van der Waals surface area contributed by atoms with E-state index in [1.807, 2.05) is 20.8 Å². The van der Waals surface area contributed by atoms with Crippen molar-refractivity contribution in [3.63, 3.8) is 0 Å². The van der Waals surface area contributed by atoms with Crippen molar-refractivity contribution in [2.45, 2.75) is 33.0 Å². The van der Waals surface area contributed by atoms with Gasteiger partial charge in [-0.2, -0.15) is 0 Å². The van der Waals surface area contributed by atoms with E-state index >= 15 is 0 Å². The predicted molar refractivity (Wildman–Crippen MR) is 72.6 cm³/mol. The molecular weight excluding hydrogens is 263 g/mol. The maximum atomic E-state index is 14.4. The summed E-state index contributed by atoms with van der Waals surface area (Å²) < 4.78 is 36.6. The Balaban J connectivity index is 2.45. The second-order valence-electron chi connectivity index (χ2n) is 4.45. The SMILES string of the molecule is CCOc1cc(F)c(C2(CC)OCCO2)cc1OCC. The smallest absolute Gasteiger partial charge is 0.197 e. The van der Waals surface area contributed by atoms with Crippen molar-refractivity contribution in [2.24, 2.45) is 0 Å². The Morgan fingerprint density at radius 2 is 1.60 bits per heavy atom. The lowest BCUT2D eigenvalue weighted by Crippen LogP contribution is -2.27. The van der Waals surface area contributed by atoms with Gasteiger partial charge in [0.15, 0.2) is 17.3 Å². The standard InChI is InChI=1S/C15H21FO4/c1-4-15(19-7-8-20-15)11-9-13(17-5-2)14(18-6-3)10-12(11)16/h9-10H,4-8H2,1-3H3. The van der Waals surface area contributed by atoms with Gasteiger partial charge in [-0.1, -0.05) is 6.92 Å². The molecule has 0 unspecified atom stereocenters. The molecule has 20 heavy (non-hydrogen) atoms. The maximum Gasteiger partial charge on any atom is 0.197 e. The minimum absolute atomic E-state index is 0.365. The first-order valence-electron chi connectivity index (χ1n) is 7.04. The molecule has 1 aliphatic rings. The zero-order chi connectivity index (χ0) is 14.6. The molecule has 1 aromatic carbocycles. The Morgan fingerprint density at radius 3 is 2.10 bits per heavy atom. The van der Waals surface area contributed by atoms with Crippen molar-refractivity contribution in [2.75, 3.05) is 26.4 Å². The minimum Gasteiger partial charge on any atom is -0.490 e. The first-order chi connectivity index (χ1) is 9.66. The molecule has 0 radical (unpaired) electrons. The molecule has 0 spiro atoms. The Morgan fingerprint density at radius 1 is 1.05 bits per heavy atom. The fourth-order valence-electron chi connectivity index (χ4n) is 2.37. The normalized spacial score (nSPS) is 17.2. The van der Waals surface area contributed by atoms with Crippen molar-refractivity contribution >= 4 is 0 Å². The van der Waals surface area contributed by atoms with Crippen LogP contribution in [0.15, 0.2) is 12.1 Å². The van der Waals surface area contributed by atoms with Crippen LogP contribution in [0.1, 0.15) is 32.8 Å². The third-order valence-corrected chi connectivity index (χ3v) is 3.26.